The topological polar surface area (TPSA) is 75.4 Å². The molecular formula is C6H11N3O2. The van der Waals surface area contributed by atoms with Crippen LogP contribution in [0.2, 0.25) is 0 Å². The van der Waals surface area contributed by atoms with Gasteiger partial charge in [0.25, 0.3) is 0 Å². The van der Waals surface area contributed by atoms with E-state index in [4.69, 9.17) is 5.84 Å². The van der Waals surface area contributed by atoms with Crippen LogP contribution >= 0.6 is 0 Å². The van der Waals surface area contributed by atoms with Gasteiger partial charge in [-0.2, -0.15) is 0 Å². The fourth-order valence-corrected chi connectivity index (χ4v) is 1.05. The lowest BCUT2D eigenvalue weighted by atomic mass is 10.1. The van der Waals surface area contributed by atoms with E-state index in [1.807, 2.05) is 5.43 Å². The number of nitrogens with two attached hydrogens (primary N) is 1. The monoisotopic (exact) mass is 157 g/mol. The summed E-state index contributed by atoms with van der Waals surface area (Å²) >= 11 is 0. The van der Waals surface area contributed by atoms with Crippen LogP contribution in [-0.4, -0.2) is 29.8 Å². The van der Waals surface area contributed by atoms with Crippen molar-refractivity contribution in [1.82, 2.24) is 10.3 Å². The van der Waals surface area contributed by atoms with Crippen molar-refractivity contribution in [3.8, 4) is 0 Å². The Bertz CT molecular complexity index is 171. The molecule has 0 aromatic rings. The molecule has 1 aliphatic rings. The number of hydrogen-bond acceptors (Lipinski definition) is 3. The van der Waals surface area contributed by atoms with Crippen LogP contribution in [0.15, 0.2) is 0 Å². The molecular weight excluding hydrogens is 146 g/mol. The SMILES string of the molecule is NNC(=O)N1CCC(=O)CC1. The number of urea groups is 1. The Morgan fingerprint density at radius 2 is 2.00 bits per heavy atom. The number of hydrazine groups is 1. The van der Waals surface area contributed by atoms with Gasteiger partial charge in [0, 0.05) is 25.9 Å². The maximum absolute atomic E-state index is 10.9. The summed E-state index contributed by atoms with van der Waals surface area (Å²) in [6, 6.07) is -0.308. The zero-order chi connectivity index (χ0) is 8.27. The molecule has 62 valence electrons. The highest BCUT2D eigenvalue weighted by atomic mass is 16.2. The number of nitrogens with one attached hydrogen (secondary N) is 1. The van der Waals surface area contributed by atoms with Crippen molar-refractivity contribution in [3.63, 3.8) is 0 Å². The first-order valence-corrected chi connectivity index (χ1v) is 3.51. The number of piperidine rings is 1. The molecule has 0 spiro atoms. The molecule has 0 radical (unpaired) electrons. The number of carbonyl (C=O) groups excluding carboxylic acids is 2. The number of likely N-dealkylation sites (tertiary alicyclic amines) is 1. The number of nitrogens with zero attached hydrogens (tertiary/aromatic N) is 1. The molecule has 0 aromatic heterocycles. The first-order chi connectivity index (χ1) is 5.24. The van der Waals surface area contributed by atoms with Gasteiger partial charge < -0.3 is 4.90 Å². The third kappa shape index (κ3) is 1.91. The van der Waals surface area contributed by atoms with Crippen LogP contribution in [0.5, 0.6) is 0 Å². The number of hydrogen-bond donors (Lipinski definition) is 2. The lowest BCUT2D eigenvalue weighted by Crippen LogP contribution is -2.47. The van der Waals surface area contributed by atoms with E-state index in [0.717, 1.165) is 0 Å². The van der Waals surface area contributed by atoms with E-state index in [1.165, 1.54) is 4.90 Å². The summed E-state index contributed by atoms with van der Waals surface area (Å²) in [7, 11) is 0. The second-order valence-corrected chi connectivity index (χ2v) is 2.48. The molecule has 0 aliphatic carbocycles. The first-order valence-electron chi connectivity index (χ1n) is 3.51. The highest BCUT2D eigenvalue weighted by Crippen LogP contribution is 2.04. The second kappa shape index (κ2) is 3.34. The molecule has 1 heterocycles. The van der Waals surface area contributed by atoms with Gasteiger partial charge in [-0.1, -0.05) is 0 Å². The Morgan fingerprint density at radius 1 is 1.45 bits per heavy atom. The molecule has 1 fully saturated rings. The maximum Gasteiger partial charge on any atom is 0.331 e. The number of rotatable bonds is 0. The third-order valence-electron chi connectivity index (χ3n) is 1.73. The highest BCUT2D eigenvalue weighted by Gasteiger charge is 2.19. The van der Waals surface area contributed by atoms with Crippen LogP contribution in [0.4, 0.5) is 4.79 Å². The molecule has 0 saturated carbocycles. The molecule has 1 saturated heterocycles. The van der Waals surface area contributed by atoms with Crippen molar-refractivity contribution in [2.75, 3.05) is 13.1 Å². The minimum Gasteiger partial charge on any atom is -0.323 e. The van der Waals surface area contributed by atoms with Crippen molar-refractivity contribution < 1.29 is 9.59 Å². The van der Waals surface area contributed by atoms with Gasteiger partial charge in [0.2, 0.25) is 0 Å². The minimum absolute atomic E-state index is 0.214. The summed E-state index contributed by atoms with van der Waals surface area (Å²) in [4.78, 5) is 23.1. The Kier molecular flexibility index (Phi) is 2.43. The van der Waals surface area contributed by atoms with Crippen molar-refractivity contribution >= 4 is 11.8 Å². The second-order valence-electron chi connectivity index (χ2n) is 2.48. The Balaban J connectivity index is 2.39. The first kappa shape index (κ1) is 8.00. The fourth-order valence-electron chi connectivity index (χ4n) is 1.05. The average Bonchev–Trinajstić information content (AvgIpc) is 2.05. The summed E-state index contributed by atoms with van der Waals surface area (Å²) in [5.74, 6) is 5.13. The molecule has 11 heavy (non-hydrogen) atoms. The van der Waals surface area contributed by atoms with Gasteiger partial charge in [-0.15, -0.1) is 0 Å². The number of Topliss-reactive ketones (excluding diaryl/α,β-unsaturated/α-hetero) is 1. The van der Waals surface area contributed by atoms with Crippen LogP contribution < -0.4 is 11.3 Å². The van der Waals surface area contributed by atoms with Gasteiger partial charge in [-0.05, 0) is 0 Å². The number of amides is 2. The van der Waals surface area contributed by atoms with Gasteiger partial charge in [-0.25, -0.2) is 10.6 Å². The summed E-state index contributed by atoms with van der Waals surface area (Å²) in [6.45, 7) is 0.976. The predicted octanol–water partition coefficient (Wildman–Crippen LogP) is -0.765. The highest BCUT2D eigenvalue weighted by molar-refractivity contribution is 5.82. The fraction of sp³-hybridized carbons (Fsp3) is 0.667. The molecule has 0 unspecified atom stereocenters. The van der Waals surface area contributed by atoms with Crippen LogP contribution in [0.3, 0.4) is 0 Å². The zero-order valence-electron chi connectivity index (χ0n) is 6.17. The molecule has 5 heteroatoms. The van der Waals surface area contributed by atoms with Gasteiger partial charge in [0.1, 0.15) is 5.78 Å². The molecule has 0 atom stereocenters. The van der Waals surface area contributed by atoms with Gasteiger partial charge >= 0.3 is 6.03 Å². The van der Waals surface area contributed by atoms with Gasteiger partial charge in [0.15, 0.2) is 0 Å². The van der Waals surface area contributed by atoms with Crippen LogP contribution in [0.1, 0.15) is 12.8 Å². The molecule has 3 N–H and O–H groups in total. The van der Waals surface area contributed by atoms with Crippen molar-refractivity contribution in [2.24, 2.45) is 5.84 Å². The summed E-state index contributed by atoms with van der Waals surface area (Å²) in [5, 5.41) is 0. The molecule has 2 amide bonds. The molecule has 0 bridgehead atoms. The quantitative estimate of drug-likeness (QED) is 0.275. The van der Waals surface area contributed by atoms with Gasteiger partial charge in [-0.3, -0.25) is 10.2 Å². The average molecular weight is 157 g/mol. The Labute approximate surface area is 64.5 Å². The Hall–Kier alpha value is -1.10. The van der Waals surface area contributed by atoms with Crippen molar-refractivity contribution in [3.05, 3.63) is 0 Å². The van der Waals surface area contributed by atoms with Crippen molar-refractivity contribution in [1.29, 1.82) is 0 Å². The van der Waals surface area contributed by atoms with E-state index in [1.54, 1.807) is 0 Å². The molecule has 1 aliphatic heterocycles. The van der Waals surface area contributed by atoms with Crippen LogP contribution in [0, 0.1) is 0 Å². The van der Waals surface area contributed by atoms with E-state index in [9.17, 15) is 9.59 Å². The molecule has 0 aromatic carbocycles. The standard InChI is InChI=1S/C6H11N3O2/c7-8-6(11)9-3-1-5(10)2-4-9/h1-4,7H2,(H,8,11). The smallest absolute Gasteiger partial charge is 0.323 e. The number of carbonyl (C=O) groups is 2. The maximum atomic E-state index is 10.9. The van der Waals surface area contributed by atoms with E-state index in [-0.39, 0.29) is 11.8 Å². The lowest BCUT2D eigenvalue weighted by Gasteiger charge is -2.24. The minimum atomic E-state index is -0.308. The molecule has 5 nitrogen and oxygen atoms in total. The number of ketones is 1. The predicted molar refractivity (Wildman–Crippen MR) is 38.5 cm³/mol. The van der Waals surface area contributed by atoms with E-state index < -0.39 is 0 Å². The van der Waals surface area contributed by atoms with Crippen LogP contribution in [-0.2, 0) is 4.79 Å². The van der Waals surface area contributed by atoms with E-state index in [2.05, 4.69) is 0 Å². The van der Waals surface area contributed by atoms with Gasteiger partial charge in [0.05, 0.1) is 0 Å². The third-order valence-corrected chi connectivity index (χ3v) is 1.73. The molecule has 1 rings (SSSR count). The Morgan fingerprint density at radius 3 is 2.45 bits per heavy atom. The lowest BCUT2D eigenvalue weighted by molar-refractivity contribution is -0.120. The van der Waals surface area contributed by atoms with Crippen molar-refractivity contribution in [2.45, 2.75) is 12.8 Å². The van der Waals surface area contributed by atoms with E-state index in [0.29, 0.717) is 25.9 Å². The zero-order valence-corrected chi connectivity index (χ0v) is 6.17. The van der Waals surface area contributed by atoms with Crippen LogP contribution in [0.25, 0.3) is 0 Å². The summed E-state index contributed by atoms with van der Waals surface area (Å²) in [6.07, 6.45) is 0.904. The van der Waals surface area contributed by atoms with E-state index >= 15 is 0 Å². The largest absolute Gasteiger partial charge is 0.331 e. The summed E-state index contributed by atoms with van der Waals surface area (Å²) in [5.41, 5.74) is 2.03. The summed E-state index contributed by atoms with van der Waals surface area (Å²) < 4.78 is 0. The normalized spacial score (nSPS) is 18.3.